The Morgan fingerprint density at radius 3 is 2.50 bits per heavy atom. The summed E-state index contributed by atoms with van der Waals surface area (Å²) in [5.74, 6) is 0.225. The maximum atomic E-state index is 11.5. The van der Waals surface area contributed by atoms with Crippen molar-refractivity contribution >= 4 is 5.91 Å². The summed E-state index contributed by atoms with van der Waals surface area (Å²) < 4.78 is 5.24. The topological polar surface area (TPSA) is 41.6 Å². The van der Waals surface area contributed by atoms with E-state index in [0.29, 0.717) is 12.0 Å². The van der Waals surface area contributed by atoms with E-state index < -0.39 is 0 Å². The van der Waals surface area contributed by atoms with Crippen molar-refractivity contribution in [2.45, 2.75) is 12.8 Å². The fourth-order valence-corrected chi connectivity index (χ4v) is 2.17. The first-order valence-electron chi connectivity index (χ1n) is 5.26. The van der Waals surface area contributed by atoms with Gasteiger partial charge in [0.15, 0.2) is 0 Å². The lowest BCUT2D eigenvalue weighted by molar-refractivity contribution is -0.152. The van der Waals surface area contributed by atoms with Gasteiger partial charge in [0.05, 0.1) is 19.8 Å². The van der Waals surface area contributed by atoms with Gasteiger partial charge in [0, 0.05) is 18.5 Å². The second-order valence-electron chi connectivity index (χ2n) is 4.40. The molecule has 2 fully saturated rings. The van der Waals surface area contributed by atoms with E-state index in [1.54, 1.807) is 0 Å². The minimum absolute atomic E-state index is 0.225. The second kappa shape index (κ2) is 3.87. The zero-order chi connectivity index (χ0) is 10.0. The molecular formula is C10H18N2O2. The highest BCUT2D eigenvalue weighted by molar-refractivity contribution is 5.78. The average molecular weight is 198 g/mol. The summed E-state index contributed by atoms with van der Waals surface area (Å²) >= 11 is 0. The molecule has 2 heterocycles. The molecule has 0 radical (unpaired) electrons. The Morgan fingerprint density at radius 2 is 2.07 bits per heavy atom. The first-order chi connectivity index (χ1) is 6.76. The lowest BCUT2D eigenvalue weighted by Gasteiger charge is -2.47. The predicted molar refractivity (Wildman–Crippen MR) is 53.0 cm³/mol. The van der Waals surface area contributed by atoms with E-state index in [1.165, 1.54) is 0 Å². The number of likely N-dealkylation sites (N-methyl/N-ethyl adjacent to an activating group) is 1. The molecule has 1 amide bonds. The van der Waals surface area contributed by atoms with Gasteiger partial charge >= 0.3 is 0 Å². The molecule has 2 aliphatic rings. The number of likely N-dealkylation sites (tertiary alicyclic amines) is 1. The standard InChI is InChI=1S/C10H18N2O2/c1-11-6-9(13)12-4-2-10(3-5-12)7-14-8-10/h11H,2-8H2,1H3. The van der Waals surface area contributed by atoms with Gasteiger partial charge in [-0.2, -0.15) is 0 Å². The summed E-state index contributed by atoms with van der Waals surface area (Å²) in [6, 6.07) is 0. The van der Waals surface area contributed by atoms with Crippen LogP contribution in [0.2, 0.25) is 0 Å². The lowest BCUT2D eigenvalue weighted by atomic mass is 9.77. The van der Waals surface area contributed by atoms with Crippen molar-refractivity contribution < 1.29 is 9.53 Å². The highest BCUT2D eigenvalue weighted by atomic mass is 16.5. The third-order valence-electron chi connectivity index (χ3n) is 3.32. The Labute approximate surface area is 84.6 Å². The van der Waals surface area contributed by atoms with Crippen molar-refractivity contribution in [1.82, 2.24) is 10.2 Å². The van der Waals surface area contributed by atoms with Crippen molar-refractivity contribution in [2.24, 2.45) is 5.41 Å². The van der Waals surface area contributed by atoms with E-state index in [1.807, 2.05) is 11.9 Å². The van der Waals surface area contributed by atoms with Gasteiger partial charge in [-0.3, -0.25) is 4.79 Å². The quantitative estimate of drug-likeness (QED) is 0.670. The second-order valence-corrected chi connectivity index (χ2v) is 4.40. The summed E-state index contributed by atoms with van der Waals surface area (Å²) in [6.45, 7) is 4.08. The number of rotatable bonds is 2. The fraction of sp³-hybridized carbons (Fsp3) is 0.900. The zero-order valence-electron chi connectivity index (χ0n) is 8.71. The third-order valence-corrected chi connectivity index (χ3v) is 3.32. The summed E-state index contributed by atoms with van der Waals surface area (Å²) in [6.07, 6.45) is 2.23. The summed E-state index contributed by atoms with van der Waals surface area (Å²) in [7, 11) is 1.81. The van der Waals surface area contributed by atoms with E-state index in [4.69, 9.17) is 4.74 Å². The van der Waals surface area contributed by atoms with Crippen molar-refractivity contribution in [1.29, 1.82) is 0 Å². The summed E-state index contributed by atoms with van der Waals surface area (Å²) in [4.78, 5) is 13.5. The van der Waals surface area contributed by atoms with Crippen molar-refractivity contribution in [3.05, 3.63) is 0 Å². The van der Waals surface area contributed by atoms with Crippen LogP contribution in [0.3, 0.4) is 0 Å². The van der Waals surface area contributed by atoms with Gasteiger partial charge in [-0.25, -0.2) is 0 Å². The van der Waals surface area contributed by atoms with Crippen LogP contribution in [0.5, 0.6) is 0 Å². The van der Waals surface area contributed by atoms with Crippen molar-refractivity contribution in [2.75, 3.05) is 39.9 Å². The molecule has 0 aromatic rings. The molecule has 1 N–H and O–H groups in total. The molecule has 80 valence electrons. The maximum absolute atomic E-state index is 11.5. The zero-order valence-corrected chi connectivity index (χ0v) is 8.71. The molecule has 0 aromatic heterocycles. The van der Waals surface area contributed by atoms with Gasteiger partial charge in [-0.05, 0) is 19.9 Å². The van der Waals surface area contributed by atoms with Gasteiger partial charge in [0.1, 0.15) is 0 Å². The average Bonchev–Trinajstić information content (AvgIpc) is 2.16. The van der Waals surface area contributed by atoms with E-state index in [2.05, 4.69) is 5.32 Å². The normalized spacial score (nSPS) is 24.8. The van der Waals surface area contributed by atoms with Gasteiger partial charge in [0.25, 0.3) is 0 Å². The first kappa shape index (κ1) is 9.93. The molecule has 0 saturated carbocycles. The Bertz CT molecular complexity index is 216. The molecule has 2 saturated heterocycles. The lowest BCUT2D eigenvalue weighted by Crippen LogP contribution is -2.53. The Balaban J connectivity index is 1.80. The van der Waals surface area contributed by atoms with Gasteiger partial charge < -0.3 is 15.0 Å². The highest BCUT2D eigenvalue weighted by Gasteiger charge is 2.41. The number of carbonyl (C=O) groups excluding carboxylic acids is 1. The number of ether oxygens (including phenoxy) is 1. The SMILES string of the molecule is CNCC(=O)N1CCC2(CC1)COC2. The number of nitrogens with zero attached hydrogens (tertiary/aromatic N) is 1. The van der Waals surface area contributed by atoms with Gasteiger partial charge in [0.2, 0.25) is 5.91 Å². The van der Waals surface area contributed by atoms with E-state index in [-0.39, 0.29) is 5.91 Å². The van der Waals surface area contributed by atoms with Crippen LogP contribution < -0.4 is 5.32 Å². The molecule has 0 atom stereocenters. The molecular weight excluding hydrogens is 180 g/mol. The van der Waals surface area contributed by atoms with Crippen LogP contribution in [0.15, 0.2) is 0 Å². The molecule has 2 aliphatic heterocycles. The molecule has 0 aliphatic carbocycles. The third kappa shape index (κ3) is 1.77. The van der Waals surface area contributed by atoms with E-state index in [0.717, 1.165) is 39.1 Å². The number of hydrogen-bond acceptors (Lipinski definition) is 3. The Kier molecular flexibility index (Phi) is 2.74. The van der Waals surface area contributed by atoms with E-state index >= 15 is 0 Å². The van der Waals surface area contributed by atoms with Crippen LogP contribution in [0.4, 0.5) is 0 Å². The van der Waals surface area contributed by atoms with Crippen LogP contribution in [-0.4, -0.2) is 50.7 Å². The summed E-state index contributed by atoms with van der Waals surface area (Å²) in [5.41, 5.74) is 0.427. The highest BCUT2D eigenvalue weighted by Crippen LogP contribution is 2.38. The number of hydrogen-bond donors (Lipinski definition) is 1. The molecule has 0 unspecified atom stereocenters. The van der Waals surface area contributed by atoms with Crippen molar-refractivity contribution in [3.63, 3.8) is 0 Å². The monoisotopic (exact) mass is 198 g/mol. The molecule has 0 bridgehead atoms. The molecule has 0 aromatic carbocycles. The molecule has 2 rings (SSSR count). The number of nitrogens with one attached hydrogen (secondary N) is 1. The van der Waals surface area contributed by atoms with E-state index in [9.17, 15) is 4.79 Å². The van der Waals surface area contributed by atoms with Gasteiger partial charge in [-0.15, -0.1) is 0 Å². The maximum Gasteiger partial charge on any atom is 0.236 e. The fourth-order valence-electron chi connectivity index (χ4n) is 2.17. The Morgan fingerprint density at radius 1 is 1.43 bits per heavy atom. The number of amides is 1. The smallest absolute Gasteiger partial charge is 0.236 e. The van der Waals surface area contributed by atoms with Crippen LogP contribution >= 0.6 is 0 Å². The molecule has 1 spiro atoms. The molecule has 14 heavy (non-hydrogen) atoms. The summed E-state index contributed by atoms with van der Waals surface area (Å²) in [5, 5.41) is 2.90. The van der Waals surface area contributed by atoms with Crippen LogP contribution in [0.1, 0.15) is 12.8 Å². The number of piperidine rings is 1. The predicted octanol–water partition coefficient (Wildman–Crippen LogP) is -0.155. The minimum atomic E-state index is 0.225. The van der Waals surface area contributed by atoms with Crippen LogP contribution in [0.25, 0.3) is 0 Å². The minimum Gasteiger partial charge on any atom is -0.380 e. The van der Waals surface area contributed by atoms with Crippen LogP contribution in [-0.2, 0) is 9.53 Å². The first-order valence-corrected chi connectivity index (χ1v) is 5.26. The van der Waals surface area contributed by atoms with Crippen molar-refractivity contribution in [3.8, 4) is 0 Å². The molecule has 4 nitrogen and oxygen atoms in total. The van der Waals surface area contributed by atoms with Gasteiger partial charge in [-0.1, -0.05) is 0 Å². The number of carbonyl (C=O) groups is 1. The Hall–Kier alpha value is -0.610. The largest absolute Gasteiger partial charge is 0.380 e. The van der Waals surface area contributed by atoms with Crippen LogP contribution in [0, 0.1) is 5.41 Å². The molecule has 4 heteroatoms.